The van der Waals surface area contributed by atoms with Gasteiger partial charge in [0.15, 0.2) is 5.96 Å². The molecule has 1 spiro atoms. The Morgan fingerprint density at radius 2 is 2.00 bits per heavy atom. The molecule has 2 aliphatic rings. The van der Waals surface area contributed by atoms with Gasteiger partial charge >= 0.3 is 6.03 Å². The van der Waals surface area contributed by atoms with Gasteiger partial charge in [-0.15, -0.1) is 0 Å². The van der Waals surface area contributed by atoms with E-state index < -0.39 is 5.54 Å². The van der Waals surface area contributed by atoms with Crippen LogP contribution >= 0.6 is 0 Å². The molecule has 1 saturated heterocycles. The molecule has 2 fully saturated rings. The summed E-state index contributed by atoms with van der Waals surface area (Å²) in [5.74, 6) is 0.847. The SMILES string of the molecule is COc1ccc(NC(N)=NCCN2C(=O)NC3(CCCC3)C2=O)cc1. The number of benzene rings is 1. The number of urea groups is 1. The number of carbonyl (C=O) groups is 2. The zero-order valence-electron chi connectivity index (χ0n) is 14.2. The lowest BCUT2D eigenvalue weighted by Crippen LogP contribution is -2.44. The summed E-state index contributed by atoms with van der Waals surface area (Å²) in [5.41, 5.74) is 5.96. The number of rotatable bonds is 5. The number of anilines is 1. The van der Waals surface area contributed by atoms with Gasteiger partial charge in [0.25, 0.3) is 5.91 Å². The minimum absolute atomic E-state index is 0.133. The number of nitrogens with two attached hydrogens (primary N) is 1. The van der Waals surface area contributed by atoms with Crippen LogP contribution in [0, 0.1) is 0 Å². The highest BCUT2D eigenvalue weighted by Crippen LogP contribution is 2.34. The molecule has 1 aromatic carbocycles. The summed E-state index contributed by atoms with van der Waals surface area (Å²) >= 11 is 0. The van der Waals surface area contributed by atoms with Gasteiger partial charge in [0.05, 0.1) is 20.2 Å². The van der Waals surface area contributed by atoms with Gasteiger partial charge in [-0.3, -0.25) is 14.7 Å². The third-order valence-corrected chi connectivity index (χ3v) is 4.67. The molecule has 0 radical (unpaired) electrons. The molecule has 0 atom stereocenters. The molecule has 1 aromatic rings. The fraction of sp³-hybridized carbons (Fsp3) is 0.471. The molecule has 0 unspecified atom stereocenters. The number of carbonyl (C=O) groups excluding carboxylic acids is 2. The normalized spacial score (nSPS) is 19.4. The van der Waals surface area contributed by atoms with Gasteiger partial charge in [0.1, 0.15) is 11.3 Å². The fourth-order valence-corrected chi connectivity index (χ4v) is 3.33. The highest BCUT2D eigenvalue weighted by Gasteiger charge is 2.52. The van der Waals surface area contributed by atoms with E-state index in [9.17, 15) is 9.59 Å². The van der Waals surface area contributed by atoms with E-state index in [2.05, 4.69) is 15.6 Å². The molecule has 8 heteroatoms. The van der Waals surface area contributed by atoms with Crippen molar-refractivity contribution in [2.24, 2.45) is 10.7 Å². The Balaban J connectivity index is 1.53. The van der Waals surface area contributed by atoms with Crippen molar-refractivity contribution < 1.29 is 14.3 Å². The number of imide groups is 1. The molecule has 3 amide bonds. The Hall–Kier alpha value is -2.77. The van der Waals surface area contributed by atoms with Crippen molar-refractivity contribution in [2.75, 3.05) is 25.5 Å². The second-order valence-electron chi connectivity index (χ2n) is 6.30. The number of methoxy groups -OCH3 is 1. The summed E-state index contributed by atoms with van der Waals surface area (Å²) in [6, 6.07) is 6.93. The first kappa shape index (κ1) is 17.1. The predicted molar refractivity (Wildman–Crippen MR) is 94.5 cm³/mol. The van der Waals surface area contributed by atoms with E-state index in [0.717, 1.165) is 37.1 Å². The van der Waals surface area contributed by atoms with Crippen LogP contribution in [0.25, 0.3) is 0 Å². The lowest BCUT2D eigenvalue weighted by Gasteiger charge is -2.19. The minimum Gasteiger partial charge on any atom is -0.497 e. The van der Waals surface area contributed by atoms with Crippen LogP contribution in [0.3, 0.4) is 0 Å². The van der Waals surface area contributed by atoms with Crippen LogP contribution in [0.1, 0.15) is 25.7 Å². The quantitative estimate of drug-likeness (QED) is 0.423. The molecular weight excluding hydrogens is 322 g/mol. The Bertz CT molecular complexity index is 680. The van der Waals surface area contributed by atoms with Gasteiger partial charge in [-0.05, 0) is 37.1 Å². The zero-order chi connectivity index (χ0) is 17.9. The van der Waals surface area contributed by atoms with Crippen LogP contribution in [0.4, 0.5) is 10.5 Å². The number of hydrogen-bond acceptors (Lipinski definition) is 4. The second kappa shape index (κ2) is 7.00. The summed E-state index contributed by atoms with van der Waals surface area (Å²) in [6.07, 6.45) is 3.38. The van der Waals surface area contributed by atoms with Gasteiger partial charge in [0.2, 0.25) is 0 Å². The van der Waals surface area contributed by atoms with Crippen LogP contribution in [0.2, 0.25) is 0 Å². The predicted octanol–water partition coefficient (Wildman–Crippen LogP) is 1.29. The molecule has 1 aliphatic carbocycles. The highest BCUT2D eigenvalue weighted by atomic mass is 16.5. The van der Waals surface area contributed by atoms with E-state index in [1.54, 1.807) is 7.11 Å². The molecule has 1 heterocycles. The lowest BCUT2D eigenvalue weighted by atomic mass is 9.98. The monoisotopic (exact) mass is 345 g/mol. The van der Waals surface area contributed by atoms with Crippen molar-refractivity contribution in [1.82, 2.24) is 10.2 Å². The van der Waals surface area contributed by atoms with Crippen LogP contribution in [0.15, 0.2) is 29.3 Å². The molecule has 0 bridgehead atoms. The molecule has 25 heavy (non-hydrogen) atoms. The largest absolute Gasteiger partial charge is 0.497 e. The molecule has 3 rings (SSSR count). The molecule has 0 aromatic heterocycles. The first-order chi connectivity index (χ1) is 12.0. The number of aliphatic imine (C=N–C) groups is 1. The lowest BCUT2D eigenvalue weighted by molar-refractivity contribution is -0.131. The zero-order valence-corrected chi connectivity index (χ0v) is 14.2. The smallest absolute Gasteiger partial charge is 0.325 e. The fourth-order valence-electron chi connectivity index (χ4n) is 3.33. The molecular formula is C17H23N5O3. The summed E-state index contributed by atoms with van der Waals surface area (Å²) in [7, 11) is 1.60. The molecule has 1 saturated carbocycles. The Kier molecular flexibility index (Phi) is 4.78. The van der Waals surface area contributed by atoms with Crippen LogP contribution in [-0.4, -0.2) is 48.5 Å². The van der Waals surface area contributed by atoms with E-state index in [0.29, 0.717) is 0 Å². The van der Waals surface area contributed by atoms with Gasteiger partial charge in [-0.25, -0.2) is 4.79 Å². The summed E-state index contributed by atoms with van der Waals surface area (Å²) in [5, 5.41) is 5.81. The average Bonchev–Trinajstić information content (AvgIpc) is 3.16. The maximum atomic E-state index is 12.5. The number of nitrogens with zero attached hydrogens (tertiary/aromatic N) is 2. The van der Waals surface area contributed by atoms with Crippen molar-refractivity contribution in [3.05, 3.63) is 24.3 Å². The van der Waals surface area contributed by atoms with E-state index in [-0.39, 0.29) is 31.0 Å². The Morgan fingerprint density at radius 3 is 2.64 bits per heavy atom. The number of ether oxygens (including phenoxy) is 1. The molecule has 1 aliphatic heterocycles. The van der Waals surface area contributed by atoms with Crippen molar-refractivity contribution in [3.8, 4) is 5.75 Å². The van der Waals surface area contributed by atoms with E-state index in [4.69, 9.17) is 10.5 Å². The van der Waals surface area contributed by atoms with Crippen molar-refractivity contribution >= 4 is 23.6 Å². The number of guanidine groups is 1. The summed E-state index contributed by atoms with van der Waals surface area (Å²) < 4.78 is 5.09. The Labute approximate surface area is 146 Å². The van der Waals surface area contributed by atoms with E-state index >= 15 is 0 Å². The second-order valence-corrected chi connectivity index (χ2v) is 6.30. The van der Waals surface area contributed by atoms with Crippen molar-refractivity contribution in [2.45, 2.75) is 31.2 Å². The summed E-state index contributed by atoms with van der Waals surface area (Å²) in [4.78, 5) is 30.0. The third-order valence-electron chi connectivity index (χ3n) is 4.67. The van der Waals surface area contributed by atoms with Gasteiger partial charge in [0, 0.05) is 5.69 Å². The minimum atomic E-state index is -0.673. The van der Waals surface area contributed by atoms with E-state index in [1.165, 1.54) is 4.90 Å². The van der Waals surface area contributed by atoms with E-state index in [1.807, 2.05) is 24.3 Å². The molecule has 4 N–H and O–H groups in total. The van der Waals surface area contributed by atoms with Gasteiger partial charge in [-0.2, -0.15) is 0 Å². The first-order valence-corrected chi connectivity index (χ1v) is 8.39. The van der Waals surface area contributed by atoms with Crippen molar-refractivity contribution in [3.63, 3.8) is 0 Å². The molecule has 8 nitrogen and oxygen atoms in total. The van der Waals surface area contributed by atoms with Crippen LogP contribution in [-0.2, 0) is 4.79 Å². The van der Waals surface area contributed by atoms with Gasteiger partial charge in [-0.1, -0.05) is 12.8 Å². The molecule has 134 valence electrons. The highest BCUT2D eigenvalue weighted by molar-refractivity contribution is 6.07. The number of nitrogens with one attached hydrogen (secondary N) is 2. The third kappa shape index (κ3) is 3.52. The number of amides is 3. The van der Waals surface area contributed by atoms with Crippen LogP contribution < -0.4 is 21.1 Å². The summed E-state index contributed by atoms with van der Waals surface area (Å²) in [6.45, 7) is 0.474. The average molecular weight is 345 g/mol. The maximum absolute atomic E-state index is 12.5. The van der Waals surface area contributed by atoms with Crippen molar-refractivity contribution in [1.29, 1.82) is 0 Å². The number of hydrogen-bond donors (Lipinski definition) is 3. The Morgan fingerprint density at radius 1 is 1.32 bits per heavy atom. The first-order valence-electron chi connectivity index (χ1n) is 8.39. The topological polar surface area (TPSA) is 109 Å². The van der Waals surface area contributed by atoms with Gasteiger partial charge < -0.3 is 21.1 Å². The standard InChI is InChI=1S/C17H23N5O3/c1-25-13-6-4-12(5-7-13)20-15(18)19-10-11-22-14(23)17(21-16(22)24)8-2-3-9-17/h4-7H,2-3,8-11H2,1H3,(H,21,24)(H3,18,19,20). The van der Waals surface area contributed by atoms with Crippen LogP contribution in [0.5, 0.6) is 5.75 Å². The maximum Gasteiger partial charge on any atom is 0.325 e.